The van der Waals surface area contributed by atoms with Crippen LogP contribution in [0, 0.1) is 0 Å². The van der Waals surface area contributed by atoms with E-state index < -0.39 is 0 Å². The van der Waals surface area contributed by atoms with Crippen molar-refractivity contribution in [3.8, 4) is 5.75 Å². The van der Waals surface area contributed by atoms with Crippen LogP contribution < -0.4 is 20.7 Å². The maximum atomic E-state index is 12.2. The minimum atomic E-state index is -0.0983. The van der Waals surface area contributed by atoms with E-state index in [9.17, 15) is 4.79 Å². The van der Waals surface area contributed by atoms with Crippen molar-refractivity contribution in [2.24, 2.45) is 4.99 Å². The van der Waals surface area contributed by atoms with Gasteiger partial charge in [-0.25, -0.2) is 0 Å². The highest BCUT2D eigenvalue weighted by Crippen LogP contribution is 2.10. The Kier molecular flexibility index (Phi) is 11.8. The fourth-order valence-corrected chi connectivity index (χ4v) is 3.10. The maximum absolute atomic E-state index is 12.2. The first-order chi connectivity index (χ1) is 13.9. The zero-order chi connectivity index (χ0) is 21.6. The van der Waals surface area contributed by atoms with E-state index in [1.54, 1.807) is 31.4 Å². The predicted octanol–water partition coefficient (Wildman–Crippen LogP) is 2.49. The Balaban J connectivity index is 2.37. The van der Waals surface area contributed by atoms with Crippen LogP contribution in [0.25, 0.3) is 0 Å². The molecule has 0 atom stereocenters. The first-order valence-electron chi connectivity index (χ1n) is 10.6. The van der Waals surface area contributed by atoms with E-state index in [1.807, 2.05) is 6.92 Å². The molecule has 0 bridgehead atoms. The molecule has 0 unspecified atom stereocenters. The van der Waals surface area contributed by atoms with Crippen LogP contribution in [0.5, 0.6) is 5.75 Å². The van der Waals surface area contributed by atoms with Crippen molar-refractivity contribution >= 4 is 11.9 Å². The molecular formula is C22H39N5O2. The summed E-state index contributed by atoms with van der Waals surface area (Å²) in [6.45, 7) is 14.7. The topological polar surface area (TPSA) is 78.0 Å². The van der Waals surface area contributed by atoms with Crippen LogP contribution in [0.4, 0.5) is 0 Å². The largest absolute Gasteiger partial charge is 0.497 e. The molecule has 0 fully saturated rings. The lowest BCUT2D eigenvalue weighted by atomic mass is 10.2. The summed E-state index contributed by atoms with van der Waals surface area (Å²) in [6, 6.07) is 8.15. The number of hydrogen-bond acceptors (Lipinski definition) is 4. The van der Waals surface area contributed by atoms with Crippen LogP contribution in [-0.2, 0) is 0 Å². The molecule has 164 valence electrons. The van der Waals surface area contributed by atoms with Crippen LogP contribution in [0.3, 0.4) is 0 Å². The van der Waals surface area contributed by atoms with Crippen molar-refractivity contribution < 1.29 is 9.53 Å². The Bertz CT molecular complexity index is 606. The van der Waals surface area contributed by atoms with Crippen molar-refractivity contribution in [1.29, 1.82) is 0 Å². The Morgan fingerprint density at radius 3 is 2.21 bits per heavy atom. The fourth-order valence-electron chi connectivity index (χ4n) is 3.10. The molecule has 0 aromatic heterocycles. The number of amides is 1. The van der Waals surface area contributed by atoms with E-state index in [-0.39, 0.29) is 5.91 Å². The third-order valence-corrected chi connectivity index (χ3v) is 4.57. The second-order valence-corrected chi connectivity index (χ2v) is 7.45. The Morgan fingerprint density at radius 2 is 1.66 bits per heavy atom. The number of benzene rings is 1. The van der Waals surface area contributed by atoms with Crippen molar-refractivity contribution in [2.75, 3.05) is 39.8 Å². The van der Waals surface area contributed by atoms with Gasteiger partial charge in [0.25, 0.3) is 5.91 Å². The number of ether oxygens (including phenoxy) is 1. The van der Waals surface area contributed by atoms with Crippen molar-refractivity contribution in [3.05, 3.63) is 29.8 Å². The number of rotatable bonds is 12. The average molecular weight is 406 g/mol. The van der Waals surface area contributed by atoms with Gasteiger partial charge in [-0.15, -0.1) is 0 Å². The number of guanidine groups is 1. The van der Waals surface area contributed by atoms with E-state index in [2.05, 4.69) is 53.5 Å². The molecule has 3 N–H and O–H groups in total. The molecule has 0 aliphatic heterocycles. The first kappa shape index (κ1) is 24.8. The van der Waals surface area contributed by atoms with Crippen LogP contribution in [0.1, 0.15) is 51.4 Å². The molecule has 1 amide bonds. The summed E-state index contributed by atoms with van der Waals surface area (Å²) < 4.78 is 5.11. The molecular weight excluding hydrogens is 366 g/mol. The average Bonchev–Trinajstić information content (AvgIpc) is 2.70. The molecule has 29 heavy (non-hydrogen) atoms. The molecule has 7 heteroatoms. The molecule has 0 aliphatic rings. The number of hydrogen-bond donors (Lipinski definition) is 3. The van der Waals surface area contributed by atoms with Crippen molar-refractivity contribution in [1.82, 2.24) is 20.9 Å². The van der Waals surface area contributed by atoms with Gasteiger partial charge in [-0.05, 0) is 65.3 Å². The zero-order valence-corrected chi connectivity index (χ0v) is 18.9. The number of nitrogens with one attached hydrogen (secondary N) is 3. The Morgan fingerprint density at radius 1 is 1.03 bits per heavy atom. The van der Waals surface area contributed by atoms with Crippen LogP contribution in [0.15, 0.2) is 29.3 Å². The van der Waals surface area contributed by atoms with E-state index >= 15 is 0 Å². The minimum Gasteiger partial charge on any atom is -0.497 e. The van der Waals surface area contributed by atoms with Gasteiger partial charge in [0.15, 0.2) is 5.96 Å². The molecule has 1 aromatic carbocycles. The number of aliphatic imine (C=N–C) groups is 1. The molecule has 0 aliphatic carbocycles. The minimum absolute atomic E-state index is 0.0983. The first-order valence-corrected chi connectivity index (χ1v) is 10.6. The normalized spacial score (nSPS) is 11.8. The molecule has 0 saturated heterocycles. The highest BCUT2D eigenvalue weighted by atomic mass is 16.5. The van der Waals surface area contributed by atoms with Crippen LogP contribution >= 0.6 is 0 Å². The molecule has 0 saturated carbocycles. The number of carbonyl (C=O) groups is 1. The smallest absolute Gasteiger partial charge is 0.251 e. The summed E-state index contributed by atoms with van der Waals surface area (Å²) in [6.07, 6.45) is 1.02. The monoisotopic (exact) mass is 405 g/mol. The third kappa shape index (κ3) is 9.65. The maximum Gasteiger partial charge on any atom is 0.251 e. The number of methoxy groups -OCH3 is 1. The summed E-state index contributed by atoms with van der Waals surface area (Å²) in [5.74, 6) is 1.42. The van der Waals surface area contributed by atoms with E-state index in [0.717, 1.165) is 37.8 Å². The highest BCUT2D eigenvalue weighted by Gasteiger charge is 2.12. The van der Waals surface area contributed by atoms with Crippen LogP contribution in [0.2, 0.25) is 0 Å². The van der Waals surface area contributed by atoms with Gasteiger partial charge in [-0.2, -0.15) is 0 Å². The van der Waals surface area contributed by atoms with Gasteiger partial charge in [0.2, 0.25) is 0 Å². The quantitative estimate of drug-likeness (QED) is 0.283. The standard InChI is InChI=1S/C22H39N5O2/c1-7-23-22(25-13-8-16-27(17(2)3)18(4)5)26-15-14-24-21(28)19-9-11-20(29-6)12-10-19/h9-12,17-18H,7-8,13-16H2,1-6H3,(H,24,28)(H2,23,25,26). The van der Waals surface area contributed by atoms with Crippen LogP contribution in [-0.4, -0.2) is 68.7 Å². The molecule has 1 rings (SSSR count). The zero-order valence-electron chi connectivity index (χ0n) is 18.9. The van der Waals surface area contributed by atoms with Gasteiger partial charge in [-0.3, -0.25) is 14.7 Å². The lowest BCUT2D eigenvalue weighted by molar-refractivity contribution is 0.0954. The van der Waals surface area contributed by atoms with Crippen molar-refractivity contribution in [3.63, 3.8) is 0 Å². The molecule has 0 spiro atoms. The Hall–Kier alpha value is -2.28. The summed E-state index contributed by atoms with van der Waals surface area (Å²) in [5.41, 5.74) is 0.617. The van der Waals surface area contributed by atoms with E-state index in [1.165, 1.54) is 0 Å². The second kappa shape index (κ2) is 13.8. The SMILES string of the molecule is CCNC(=NCCCN(C(C)C)C(C)C)NCCNC(=O)c1ccc(OC)cc1. The molecule has 7 nitrogen and oxygen atoms in total. The second-order valence-electron chi connectivity index (χ2n) is 7.45. The molecule has 0 heterocycles. The number of nitrogens with zero attached hydrogens (tertiary/aromatic N) is 2. The highest BCUT2D eigenvalue weighted by molar-refractivity contribution is 5.94. The van der Waals surface area contributed by atoms with E-state index in [0.29, 0.717) is 30.7 Å². The molecule has 1 aromatic rings. The number of carbonyl (C=O) groups excluding carboxylic acids is 1. The van der Waals surface area contributed by atoms with E-state index in [4.69, 9.17) is 4.74 Å². The Labute approximate surface area is 176 Å². The van der Waals surface area contributed by atoms with Gasteiger partial charge < -0.3 is 20.7 Å². The lowest BCUT2D eigenvalue weighted by Gasteiger charge is -2.30. The lowest BCUT2D eigenvalue weighted by Crippen LogP contribution is -2.42. The van der Waals surface area contributed by atoms with Gasteiger partial charge >= 0.3 is 0 Å². The summed E-state index contributed by atoms with van der Waals surface area (Å²) >= 11 is 0. The van der Waals surface area contributed by atoms with Gasteiger partial charge in [0, 0.05) is 50.4 Å². The fraction of sp³-hybridized carbons (Fsp3) is 0.636. The van der Waals surface area contributed by atoms with Crippen molar-refractivity contribution in [2.45, 2.75) is 53.1 Å². The predicted molar refractivity (Wildman–Crippen MR) is 121 cm³/mol. The summed E-state index contributed by atoms with van der Waals surface area (Å²) in [4.78, 5) is 19.3. The van der Waals surface area contributed by atoms with Gasteiger partial charge in [-0.1, -0.05) is 0 Å². The van der Waals surface area contributed by atoms with Gasteiger partial charge in [0.05, 0.1) is 7.11 Å². The third-order valence-electron chi connectivity index (χ3n) is 4.57. The molecule has 0 radical (unpaired) electrons. The van der Waals surface area contributed by atoms with Gasteiger partial charge in [0.1, 0.15) is 5.75 Å². The summed E-state index contributed by atoms with van der Waals surface area (Å²) in [7, 11) is 1.61. The summed E-state index contributed by atoms with van der Waals surface area (Å²) in [5, 5.41) is 9.43.